The van der Waals surface area contributed by atoms with Gasteiger partial charge in [0.1, 0.15) is 0 Å². The summed E-state index contributed by atoms with van der Waals surface area (Å²) in [6, 6.07) is 0. The fourth-order valence-electron chi connectivity index (χ4n) is 0. The quantitative estimate of drug-likeness (QED) is 0.551. The van der Waals surface area contributed by atoms with Gasteiger partial charge in [-0.05, 0) is 0 Å². The maximum atomic E-state index is 2.97. The van der Waals surface area contributed by atoms with E-state index in [-0.39, 0.29) is 11.0 Å². The van der Waals surface area contributed by atoms with Crippen molar-refractivity contribution in [3.63, 3.8) is 0 Å². The molecular formula is H4Br2CuO2. The van der Waals surface area contributed by atoms with Gasteiger partial charge in [0, 0.05) is 0 Å². The van der Waals surface area contributed by atoms with E-state index in [9.17, 15) is 0 Å². The second-order valence-electron chi connectivity index (χ2n) is 0.0431. The second-order valence-corrected chi connectivity index (χ2v) is 4.80. The Kier molecular flexibility index (Phi) is 58.6. The molecule has 0 fully saturated rings. The first-order valence-electron chi connectivity index (χ1n) is 0.228. The Hall–Kier alpha value is 1.40. The molecule has 0 saturated heterocycles. The molecule has 41 valence electrons. The number of rotatable bonds is 0. The van der Waals surface area contributed by atoms with E-state index < -0.39 is 0 Å². The van der Waals surface area contributed by atoms with Crippen LogP contribution < -0.4 is 0 Å². The predicted molar refractivity (Wildman–Crippen MR) is 25.1 cm³/mol. The summed E-state index contributed by atoms with van der Waals surface area (Å²) in [5.41, 5.74) is 0. The van der Waals surface area contributed by atoms with Gasteiger partial charge in [-0.3, -0.25) is 0 Å². The maximum absolute atomic E-state index is 2.97. The van der Waals surface area contributed by atoms with E-state index in [4.69, 9.17) is 0 Å². The Morgan fingerprint density at radius 3 is 1.00 bits per heavy atom. The van der Waals surface area contributed by atoms with Crippen LogP contribution >= 0.6 is 28.2 Å². The van der Waals surface area contributed by atoms with Gasteiger partial charge in [-0.1, -0.05) is 0 Å². The summed E-state index contributed by atoms with van der Waals surface area (Å²) in [6.07, 6.45) is 0. The van der Waals surface area contributed by atoms with Crippen molar-refractivity contribution >= 4 is 28.2 Å². The molecule has 5 heteroatoms. The zero-order valence-corrected chi connectivity index (χ0v) is 6.17. The van der Waals surface area contributed by atoms with Crippen molar-refractivity contribution in [2.75, 3.05) is 0 Å². The van der Waals surface area contributed by atoms with E-state index in [0.717, 1.165) is 0 Å². The van der Waals surface area contributed by atoms with Gasteiger partial charge < -0.3 is 11.0 Å². The minimum atomic E-state index is 0. The van der Waals surface area contributed by atoms with Gasteiger partial charge in [0.05, 0.1) is 0 Å². The van der Waals surface area contributed by atoms with E-state index in [2.05, 4.69) is 28.2 Å². The van der Waals surface area contributed by atoms with Crippen LogP contribution in [0.1, 0.15) is 0 Å². The molecule has 0 aromatic rings. The van der Waals surface area contributed by atoms with Crippen LogP contribution in [-0.2, 0) is 11.3 Å². The second kappa shape index (κ2) is 18.2. The monoisotopic (exact) mass is 257 g/mol. The minimum absolute atomic E-state index is 0. The van der Waals surface area contributed by atoms with Crippen LogP contribution in [0, 0.1) is 0 Å². The summed E-state index contributed by atoms with van der Waals surface area (Å²) < 4.78 is 0. The molecule has 0 bridgehead atoms. The van der Waals surface area contributed by atoms with Crippen LogP contribution in [-0.4, -0.2) is 11.0 Å². The van der Waals surface area contributed by atoms with Crippen molar-refractivity contribution in [2.24, 2.45) is 0 Å². The zero-order chi connectivity index (χ0) is 2.71. The number of hydrogen-bond acceptors (Lipinski definition) is 0. The Morgan fingerprint density at radius 2 is 1.00 bits per heavy atom. The molecule has 0 aliphatic carbocycles. The van der Waals surface area contributed by atoms with Gasteiger partial charge in [0.25, 0.3) is 0 Å². The van der Waals surface area contributed by atoms with Crippen molar-refractivity contribution < 1.29 is 22.3 Å². The van der Waals surface area contributed by atoms with E-state index >= 15 is 0 Å². The molecule has 0 amide bonds. The van der Waals surface area contributed by atoms with Gasteiger partial charge >= 0.3 is 39.6 Å². The Labute approximate surface area is 50.5 Å². The average molecular weight is 259 g/mol. The molecule has 5 heavy (non-hydrogen) atoms. The summed E-state index contributed by atoms with van der Waals surface area (Å²) in [5, 5.41) is 0. The van der Waals surface area contributed by atoms with Crippen LogP contribution in [0.2, 0.25) is 0 Å². The van der Waals surface area contributed by atoms with E-state index in [1.54, 1.807) is 0 Å². The van der Waals surface area contributed by atoms with E-state index in [1.807, 2.05) is 0 Å². The first-order chi connectivity index (χ1) is 1.41. The topological polar surface area (TPSA) is 63.0 Å². The summed E-state index contributed by atoms with van der Waals surface area (Å²) in [5.74, 6) is 0. The number of halogens is 2. The molecular weight excluding hydrogens is 255 g/mol. The van der Waals surface area contributed by atoms with Crippen molar-refractivity contribution in [3.8, 4) is 0 Å². The van der Waals surface area contributed by atoms with Gasteiger partial charge in [-0.2, -0.15) is 0 Å². The van der Waals surface area contributed by atoms with Crippen LogP contribution in [0.5, 0.6) is 0 Å². The first-order valence-corrected chi connectivity index (χ1v) is 4.88. The Balaban J connectivity index is -0.0000000200. The molecule has 0 aromatic heterocycles. The summed E-state index contributed by atoms with van der Waals surface area (Å²) >= 11 is 7.38. The van der Waals surface area contributed by atoms with E-state index in [1.165, 1.54) is 11.3 Å². The van der Waals surface area contributed by atoms with Crippen LogP contribution in [0.25, 0.3) is 0 Å². The molecule has 0 heterocycles. The summed E-state index contributed by atoms with van der Waals surface area (Å²) in [7, 11) is 0. The molecule has 0 radical (unpaired) electrons. The van der Waals surface area contributed by atoms with Gasteiger partial charge in [0.15, 0.2) is 0 Å². The predicted octanol–water partition coefficient (Wildman–Crippen LogP) is 0.0393. The number of hydrogen-bond donors (Lipinski definition) is 0. The SMILES string of the molecule is O.O.[Br][Cu][Br]. The average Bonchev–Trinajstić information content (AvgIpc) is 0.918. The molecule has 2 nitrogen and oxygen atoms in total. The van der Waals surface area contributed by atoms with E-state index in [0.29, 0.717) is 0 Å². The van der Waals surface area contributed by atoms with Gasteiger partial charge in [-0.25, -0.2) is 0 Å². The third-order valence-electron chi connectivity index (χ3n) is 0. The molecule has 0 unspecified atom stereocenters. The Morgan fingerprint density at radius 1 is 1.00 bits per heavy atom. The fraction of sp³-hybridized carbons (Fsp3) is 0. The molecule has 0 saturated carbocycles. The molecule has 0 atom stereocenters. The molecule has 4 N–H and O–H groups in total. The fourth-order valence-corrected chi connectivity index (χ4v) is 0. The van der Waals surface area contributed by atoms with Crippen LogP contribution in [0.3, 0.4) is 0 Å². The molecule has 0 aromatic carbocycles. The van der Waals surface area contributed by atoms with Gasteiger partial charge in [-0.15, -0.1) is 0 Å². The standard InChI is InChI=1S/2BrH.Cu.2H2O/h2*1H;;2*1H2/q;;+2;;/p-2. The van der Waals surface area contributed by atoms with Crippen molar-refractivity contribution in [1.29, 1.82) is 0 Å². The van der Waals surface area contributed by atoms with Gasteiger partial charge in [0.2, 0.25) is 0 Å². The summed E-state index contributed by atoms with van der Waals surface area (Å²) in [6.45, 7) is 0. The van der Waals surface area contributed by atoms with Crippen molar-refractivity contribution in [2.45, 2.75) is 0 Å². The van der Waals surface area contributed by atoms with Crippen molar-refractivity contribution in [3.05, 3.63) is 0 Å². The van der Waals surface area contributed by atoms with Crippen LogP contribution in [0.15, 0.2) is 0 Å². The molecule has 0 spiro atoms. The van der Waals surface area contributed by atoms with Crippen molar-refractivity contribution in [1.82, 2.24) is 0 Å². The third kappa shape index (κ3) is 31.9. The Bertz CT molecular complexity index is 7.61. The first kappa shape index (κ1) is 16.1. The van der Waals surface area contributed by atoms with Crippen LogP contribution in [0.4, 0.5) is 0 Å². The molecule has 0 rings (SSSR count). The molecule has 0 aliphatic heterocycles. The third-order valence-corrected chi connectivity index (χ3v) is 0. The normalized spacial score (nSPS) is 4.40. The molecule has 0 aliphatic rings. The zero-order valence-electron chi connectivity index (χ0n) is 2.06. The summed E-state index contributed by atoms with van der Waals surface area (Å²) in [4.78, 5) is 0.